The van der Waals surface area contributed by atoms with Gasteiger partial charge in [-0.05, 0) is 65.5 Å². The third-order valence-electron chi connectivity index (χ3n) is 4.63. The highest BCUT2D eigenvalue weighted by molar-refractivity contribution is 4.89. The molecule has 0 bridgehead atoms. The van der Waals surface area contributed by atoms with Crippen molar-refractivity contribution in [3.8, 4) is 0 Å². The molecule has 1 atom stereocenters. The first-order valence-corrected chi connectivity index (χ1v) is 6.61. The first kappa shape index (κ1) is 11.4. The molecule has 2 aliphatic rings. The summed E-state index contributed by atoms with van der Waals surface area (Å²) in [7, 11) is 4.44. The van der Waals surface area contributed by atoms with Crippen molar-refractivity contribution < 1.29 is 0 Å². The van der Waals surface area contributed by atoms with E-state index in [1.54, 1.807) is 0 Å². The predicted octanol–water partition coefficient (Wildman–Crippen LogP) is 2.25. The van der Waals surface area contributed by atoms with Crippen LogP contribution in [0, 0.1) is 5.92 Å². The summed E-state index contributed by atoms with van der Waals surface area (Å²) in [5.74, 6) is 1.01. The van der Waals surface area contributed by atoms with Gasteiger partial charge in [0.05, 0.1) is 0 Å². The molecule has 0 aromatic carbocycles. The summed E-state index contributed by atoms with van der Waals surface area (Å²) in [5, 5.41) is 3.41. The van der Waals surface area contributed by atoms with Gasteiger partial charge in [-0.3, -0.25) is 0 Å². The molecule has 1 unspecified atom stereocenters. The third kappa shape index (κ3) is 2.73. The van der Waals surface area contributed by atoms with Crippen LogP contribution in [-0.2, 0) is 0 Å². The van der Waals surface area contributed by atoms with Gasteiger partial charge in [-0.15, -0.1) is 0 Å². The van der Waals surface area contributed by atoms with Crippen LogP contribution in [0.3, 0.4) is 0 Å². The topological polar surface area (TPSA) is 15.3 Å². The van der Waals surface area contributed by atoms with Gasteiger partial charge in [-0.2, -0.15) is 0 Å². The van der Waals surface area contributed by atoms with Crippen molar-refractivity contribution in [2.24, 2.45) is 5.92 Å². The number of nitrogens with zero attached hydrogens (tertiary/aromatic N) is 1. The van der Waals surface area contributed by atoms with E-state index in [1.165, 1.54) is 38.5 Å². The summed E-state index contributed by atoms with van der Waals surface area (Å²) in [6, 6.07) is 2.46. The maximum absolute atomic E-state index is 3.41. The number of hydrogen-bond acceptors (Lipinski definition) is 2. The molecule has 2 saturated carbocycles. The van der Waals surface area contributed by atoms with E-state index in [0.29, 0.717) is 0 Å². The lowest BCUT2D eigenvalue weighted by Crippen LogP contribution is -2.44. The van der Waals surface area contributed by atoms with Gasteiger partial charge >= 0.3 is 0 Å². The summed E-state index contributed by atoms with van der Waals surface area (Å²) in [6.07, 6.45) is 8.44. The Hall–Kier alpha value is -0.0800. The van der Waals surface area contributed by atoms with Gasteiger partial charge in [0.15, 0.2) is 0 Å². The molecular formula is C13H26N2. The number of hydrogen-bond donors (Lipinski definition) is 1. The van der Waals surface area contributed by atoms with Gasteiger partial charge in [0.2, 0.25) is 0 Å². The molecule has 0 amide bonds. The van der Waals surface area contributed by atoms with Gasteiger partial charge in [0.1, 0.15) is 0 Å². The lowest BCUT2D eigenvalue weighted by molar-refractivity contribution is 0.124. The van der Waals surface area contributed by atoms with Crippen molar-refractivity contribution in [1.29, 1.82) is 0 Å². The molecule has 0 heterocycles. The van der Waals surface area contributed by atoms with E-state index in [0.717, 1.165) is 24.0 Å². The Balaban J connectivity index is 1.78. The SMILES string of the molecule is CNC1CCC(N(C)C(C)C2CC2)CC1. The van der Waals surface area contributed by atoms with Crippen LogP contribution in [0.2, 0.25) is 0 Å². The molecule has 88 valence electrons. The van der Waals surface area contributed by atoms with E-state index in [9.17, 15) is 0 Å². The molecule has 2 nitrogen and oxygen atoms in total. The predicted molar refractivity (Wildman–Crippen MR) is 65.1 cm³/mol. The monoisotopic (exact) mass is 210 g/mol. The Kier molecular flexibility index (Phi) is 3.68. The summed E-state index contributed by atoms with van der Waals surface area (Å²) in [5.41, 5.74) is 0. The summed E-state index contributed by atoms with van der Waals surface area (Å²) >= 11 is 0. The molecular weight excluding hydrogens is 184 g/mol. The van der Waals surface area contributed by atoms with Gasteiger partial charge in [-0.1, -0.05) is 0 Å². The fourth-order valence-electron chi connectivity index (χ4n) is 3.02. The average molecular weight is 210 g/mol. The number of rotatable bonds is 4. The van der Waals surface area contributed by atoms with Crippen molar-refractivity contribution in [2.75, 3.05) is 14.1 Å². The minimum atomic E-state index is 0.783. The van der Waals surface area contributed by atoms with E-state index in [-0.39, 0.29) is 0 Å². The Morgan fingerprint density at radius 1 is 1.07 bits per heavy atom. The normalized spacial score (nSPS) is 34.4. The van der Waals surface area contributed by atoms with Gasteiger partial charge in [0, 0.05) is 18.1 Å². The molecule has 0 radical (unpaired) electrons. The molecule has 0 aromatic rings. The molecule has 15 heavy (non-hydrogen) atoms. The molecule has 2 heteroatoms. The molecule has 0 aromatic heterocycles. The lowest BCUT2D eigenvalue weighted by atomic mass is 9.89. The Labute approximate surface area is 94.4 Å². The minimum absolute atomic E-state index is 0.783. The van der Waals surface area contributed by atoms with Crippen molar-refractivity contribution >= 4 is 0 Å². The van der Waals surface area contributed by atoms with E-state index < -0.39 is 0 Å². The zero-order chi connectivity index (χ0) is 10.8. The molecule has 0 saturated heterocycles. The Morgan fingerprint density at radius 2 is 1.67 bits per heavy atom. The second kappa shape index (κ2) is 4.84. The zero-order valence-corrected chi connectivity index (χ0v) is 10.5. The molecule has 0 spiro atoms. The fraction of sp³-hybridized carbons (Fsp3) is 1.00. The van der Waals surface area contributed by atoms with Crippen LogP contribution >= 0.6 is 0 Å². The molecule has 2 aliphatic carbocycles. The van der Waals surface area contributed by atoms with Crippen molar-refractivity contribution in [3.05, 3.63) is 0 Å². The van der Waals surface area contributed by atoms with E-state index in [2.05, 4.69) is 31.2 Å². The number of nitrogens with one attached hydrogen (secondary N) is 1. The first-order chi connectivity index (χ1) is 7.22. The van der Waals surface area contributed by atoms with Crippen molar-refractivity contribution in [3.63, 3.8) is 0 Å². The third-order valence-corrected chi connectivity index (χ3v) is 4.63. The van der Waals surface area contributed by atoms with E-state index >= 15 is 0 Å². The van der Waals surface area contributed by atoms with Crippen LogP contribution in [0.15, 0.2) is 0 Å². The Morgan fingerprint density at radius 3 is 2.13 bits per heavy atom. The zero-order valence-electron chi connectivity index (χ0n) is 10.5. The van der Waals surface area contributed by atoms with Crippen LogP contribution in [0.4, 0.5) is 0 Å². The maximum atomic E-state index is 3.41. The van der Waals surface area contributed by atoms with Crippen LogP contribution in [0.1, 0.15) is 45.4 Å². The summed E-state index contributed by atoms with van der Waals surface area (Å²) in [6.45, 7) is 2.42. The summed E-state index contributed by atoms with van der Waals surface area (Å²) < 4.78 is 0. The molecule has 1 N–H and O–H groups in total. The van der Waals surface area contributed by atoms with Crippen LogP contribution < -0.4 is 5.32 Å². The van der Waals surface area contributed by atoms with Crippen LogP contribution in [0.5, 0.6) is 0 Å². The highest BCUT2D eigenvalue weighted by Gasteiger charge is 2.34. The summed E-state index contributed by atoms with van der Waals surface area (Å²) in [4.78, 5) is 2.66. The second-order valence-corrected chi connectivity index (χ2v) is 5.54. The Bertz CT molecular complexity index is 193. The molecule has 0 aliphatic heterocycles. The van der Waals surface area contributed by atoms with Crippen LogP contribution in [0.25, 0.3) is 0 Å². The van der Waals surface area contributed by atoms with Gasteiger partial charge in [0.25, 0.3) is 0 Å². The van der Waals surface area contributed by atoms with Gasteiger partial charge < -0.3 is 10.2 Å². The first-order valence-electron chi connectivity index (χ1n) is 6.61. The van der Waals surface area contributed by atoms with Crippen molar-refractivity contribution in [2.45, 2.75) is 63.6 Å². The van der Waals surface area contributed by atoms with Crippen molar-refractivity contribution in [1.82, 2.24) is 10.2 Å². The second-order valence-electron chi connectivity index (χ2n) is 5.54. The van der Waals surface area contributed by atoms with E-state index in [4.69, 9.17) is 0 Å². The average Bonchev–Trinajstić information content (AvgIpc) is 3.11. The standard InChI is InChI=1S/C13H26N2/c1-10(11-4-5-11)15(3)13-8-6-12(14-2)7-9-13/h10-14H,4-9H2,1-3H3. The van der Waals surface area contributed by atoms with E-state index in [1.807, 2.05) is 0 Å². The lowest BCUT2D eigenvalue weighted by Gasteiger charge is -2.38. The maximum Gasteiger partial charge on any atom is 0.00963 e. The smallest absolute Gasteiger partial charge is 0.00963 e. The highest BCUT2D eigenvalue weighted by Crippen LogP contribution is 2.36. The highest BCUT2D eigenvalue weighted by atomic mass is 15.2. The minimum Gasteiger partial charge on any atom is -0.317 e. The molecule has 2 rings (SSSR count). The van der Waals surface area contributed by atoms with Crippen LogP contribution in [-0.4, -0.2) is 37.1 Å². The largest absolute Gasteiger partial charge is 0.317 e. The fourth-order valence-corrected chi connectivity index (χ4v) is 3.02. The van der Waals surface area contributed by atoms with Gasteiger partial charge in [-0.25, -0.2) is 0 Å². The molecule has 2 fully saturated rings. The quantitative estimate of drug-likeness (QED) is 0.765.